The second kappa shape index (κ2) is 12.4. The summed E-state index contributed by atoms with van der Waals surface area (Å²) in [6, 6.07) is 9.33. The number of ether oxygens (including phenoxy) is 1. The fourth-order valence-electron chi connectivity index (χ4n) is 4.30. The summed E-state index contributed by atoms with van der Waals surface area (Å²) in [6.07, 6.45) is 4.66. The summed E-state index contributed by atoms with van der Waals surface area (Å²) >= 11 is 0. The Balaban J connectivity index is 1.54. The lowest BCUT2D eigenvalue weighted by molar-refractivity contribution is -0.115. The van der Waals surface area contributed by atoms with E-state index in [0.29, 0.717) is 33.5 Å². The van der Waals surface area contributed by atoms with Gasteiger partial charge in [0.2, 0.25) is 5.91 Å². The van der Waals surface area contributed by atoms with Gasteiger partial charge in [0.1, 0.15) is 17.3 Å². The van der Waals surface area contributed by atoms with Gasteiger partial charge in [0.15, 0.2) is 0 Å². The van der Waals surface area contributed by atoms with Crippen LogP contribution < -0.4 is 10.1 Å². The van der Waals surface area contributed by atoms with Crippen molar-refractivity contribution in [2.45, 2.75) is 39.7 Å². The average molecular weight is 564 g/mol. The van der Waals surface area contributed by atoms with Crippen molar-refractivity contribution in [1.29, 1.82) is 0 Å². The Morgan fingerprint density at radius 2 is 1.80 bits per heavy atom. The average Bonchev–Trinajstić information content (AvgIpc) is 3.40. The maximum Gasteiger partial charge on any atom is 0.254 e. The number of anilines is 1. The largest absolute Gasteiger partial charge is 0.456 e. The van der Waals surface area contributed by atoms with E-state index < -0.39 is 5.82 Å². The predicted octanol–water partition coefficient (Wildman–Crippen LogP) is 4.03. The number of halogens is 1. The smallest absolute Gasteiger partial charge is 0.254 e. The third-order valence-corrected chi connectivity index (χ3v) is 6.44. The van der Waals surface area contributed by atoms with E-state index in [9.17, 15) is 19.8 Å². The topological polar surface area (TPSA) is 130 Å². The van der Waals surface area contributed by atoms with Crippen molar-refractivity contribution in [3.8, 4) is 11.5 Å². The minimum absolute atomic E-state index is 0.0806. The van der Waals surface area contributed by atoms with Crippen molar-refractivity contribution in [3.05, 3.63) is 77.5 Å². The summed E-state index contributed by atoms with van der Waals surface area (Å²) in [5.74, 6) is -0.711. The van der Waals surface area contributed by atoms with Crippen molar-refractivity contribution in [1.82, 2.24) is 19.7 Å². The first-order valence-electron chi connectivity index (χ1n) is 13.2. The van der Waals surface area contributed by atoms with E-state index in [-0.39, 0.29) is 61.4 Å². The maximum absolute atomic E-state index is 15.1. The molecular formula is C30H34FN5O5. The van der Waals surface area contributed by atoms with Crippen LogP contribution in [0.2, 0.25) is 0 Å². The van der Waals surface area contributed by atoms with E-state index in [1.165, 1.54) is 11.0 Å². The van der Waals surface area contributed by atoms with Crippen molar-refractivity contribution >= 4 is 28.4 Å². The third kappa shape index (κ3) is 7.05. The molecule has 0 spiro atoms. The van der Waals surface area contributed by atoms with Crippen LogP contribution in [-0.4, -0.2) is 68.0 Å². The number of nitrogens with one attached hydrogen (secondary N) is 1. The molecule has 0 aliphatic heterocycles. The Bertz CT molecular complexity index is 1560. The summed E-state index contributed by atoms with van der Waals surface area (Å²) in [4.78, 5) is 31.3. The number of aryl methyl sites for hydroxylation is 1. The number of hydrogen-bond acceptors (Lipinski definition) is 7. The van der Waals surface area contributed by atoms with Crippen LogP contribution in [0.4, 0.5) is 10.1 Å². The molecule has 0 bridgehead atoms. The fourth-order valence-corrected chi connectivity index (χ4v) is 4.30. The number of aliphatic hydroxyl groups is 2. The van der Waals surface area contributed by atoms with E-state index in [2.05, 4.69) is 15.4 Å². The van der Waals surface area contributed by atoms with Gasteiger partial charge in [0.05, 0.1) is 42.6 Å². The van der Waals surface area contributed by atoms with Crippen molar-refractivity contribution < 1.29 is 28.9 Å². The Hall–Kier alpha value is -4.35. The quantitative estimate of drug-likeness (QED) is 0.266. The second-order valence-corrected chi connectivity index (χ2v) is 10.7. The summed E-state index contributed by atoms with van der Waals surface area (Å²) in [5, 5.41) is 26.1. The molecule has 0 atom stereocenters. The highest BCUT2D eigenvalue weighted by Gasteiger charge is 2.19. The lowest BCUT2D eigenvalue weighted by atomic mass is 10.1. The zero-order valence-corrected chi connectivity index (χ0v) is 23.5. The van der Waals surface area contributed by atoms with Crippen molar-refractivity contribution in [2.75, 3.05) is 31.6 Å². The van der Waals surface area contributed by atoms with Gasteiger partial charge in [-0.2, -0.15) is 5.10 Å². The number of aliphatic hydroxyl groups excluding tert-OH is 2. The normalized spacial score (nSPS) is 11.5. The number of benzene rings is 2. The van der Waals surface area contributed by atoms with Gasteiger partial charge in [-0.05, 0) is 69.2 Å². The molecule has 0 fully saturated rings. The van der Waals surface area contributed by atoms with E-state index in [1.54, 1.807) is 60.5 Å². The Morgan fingerprint density at radius 3 is 2.46 bits per heavy atom. The van der Waals surface area contributed by atoms with Crippen LogP contribution in [-0.2, 0) is 16.8 Å². The number of fused-ring (bicyclic) bond motifs is 1. The van der Waals surface area contributed by atoms with Crippen LogP contribution >= 0.6 is 0 Å². The van der Waals surface area contributed by atoms with Crippen molar-refractivity contribution in [3.63, 3.8) is 0 Å². The number of hydrogen-bond donors (Lipinski definition) is 3. The fraction of sp³-hybridized carbons (Fsp3) is 0.333. The molecular weight excluding hydrogens is 529 g/mol. The van der Waals surface area contributed by atoms with Gasteiger partial charge >= 0.3 is 0 Å². The number of rotatable bonds is 10. The van der Waals surface area contributed by atoms with Gasteiger partial charge in [-0.15, -0.1) is 0 Å². The number of carbonyl (C=O) groups is 2. The summed E-state index contributed by atoms with van der Waals surface area (Å²) < 4.78 is 23.0. The van der Waals surface area contributed by atoms with E-state index >= 15 is 4.39 Å². The van der Waals surface area contributed by atoms with Crippen LogP contribution in [0.3, 0.4) is 0 Å². The summed E-state index contributed by atoms with van der Waals surface area (Å²) in [5.41, 5.74) is 2.02. The maximum atomic E-state index is 15.1. The molecule has 2 heterocycles. The first-order chi connectivity index (χ1) is 19.5. The molecule has 0 saturated carbocycles. The Labute approximate surface area is 237 Å². The van der Waals surface area contributed by atoms with Gasteiger partial charge in [0, 0.05) is 42.5 Å². The van der Waals surface area contributed by atoms with Gasteiger partial charge in [-0.1, -0.05) is 0 Å². The summed E-state index contributed by atoms with van der Waals surface area (Å²) in [7, 11) is 0. The molecule has 3 N–H and O–H groups in total. The first kappa shape index (κ1) is 29.6. The molecule has 0 aliphatic rings. The van der Waals surface area contributed by atoms with Gasteiger partial charge < -0.3 is 25.2 Å². The highest BCUT2D eigenvalue weighted by Crippen LogP contribution is 2.33. The molecule has 10 nitrogen and oxygen atoms in total. The molecule has 0 radical (unpaired) electrons. The zero-order chi connectivity index (χ0) is 29.7. The SMILES string of the molecule is Cc1cc(CC(=O)Nc2cnn(C(C)(C)C)c2)c(F)cc1Oc1ccnc2ccc(C(=O)N(CCO)CCO)cc12. The number of carbonyl (C=O) groups excluding carboxylic acids is 2. The van der Waals surface area contributed by atoms with Crippen LogP contribution in [0.5, 0.6) is 11.5 Å². The minimum atomic E-state index is -0.594. The monoisotopic (exact) mass is 563 g/mol. The number of pyridine rings is 1. The molecule has 4 rings (SSSR count). The molecule has 11 heteroatoms. The number of amides is 2. The second-order valence-electron chi connectivity index (χ2n) is 10.7. The lowest BCUT2D eigenvalue weighted by Crippen LogP contribution is -2.35. The van der Waals surface area contributed by atoms with Gasteiger partial charge in [0.25, 0.3) is 5.91 Å². The molecule has 0 saturated heterocycles. The lowest BCUT2D eigenvalue weighted by Gasteiger charge is -2.21. The number of nitrogens with zero attached hydrogens (tertiary/aromatic N) is 4. The van der Waals surface area contributed by atoms with Crippen LogP contribution in [0, 0.1) is 12.7 Å². The molecule has 41 heavy (non-hydrogen) atoms. The zero-order valence-electron chi connectivity index (χ0n) is 23.5. The molecule has 216 valence electrons. The first-order valence-corrected chi connectivity index (χ1v) is 13.2. The Morgan fingerprint density at radius 1 is 1.07 bits per heavy atom. The van der Waals surface area contributed by atoms with Crippen molar-refractivity contribution in [2.24, 2.45) is 0 Å². The highest BCUT2D eigenvalue weighted by atomic mass is 19.1. The molecule has 2 aromatic heterocycles. The van der Waals surface area contributed by atoms with Gasteiger partial charge in [-0.3, -0.25) is 19.3 Å². The Kier molecular flexibility index (Phi) is 8.99. The minimum Gasteiger partial charge on any atom is -0.456 e. The highest BCUT2D eigenvalue weighted by molar-refractivity contribution is 5.99. The van der Waals surface area contributed by atoms with E-state index in [4.69, 9.17) is 4.74 Å². The molecule has 2 aromatic carbocycles. The number of aromatic nitrogens is 3. The van der Waals surface area contributed by atoms with Crippen LogP contribution in [0.25, 0.3) is 10.9 Å². The van der Waals surface area contributed by atoms with E-state index in [1.807, 2.05) is 20.8 Å². The van der Waals surface area contributed by atoms with Gasteiger partial charge in [-0.25, -0.2) is 4.39 Å². The molecule has 4 aromatic rings. The van der Waals surface area contributed by atoms with Crippen LogP contribution in [0.15, 0.2) is 55.0 Å². The third-order valence-electron chi connectivity index (χ3n) is 6.44. The van der Waals surface area contributed by atoms with E-state index in [0.717, 1.165) is 0 Å². The van der Waals surface area contributed by atoms with Crippen LogP contribution in [0.1, 0.15) is 42.3 Å². The summed E-state index contributed by atoms with van der Waals surface area (Å²) in [6.45, 7) is 7.42. The predicted molar refractivity (Wildman–Crippen MR) is 153 cm³/mol. The molecule has 2 amide bonds. The molecule has 0 aliphatic carbocycles. The molecule has 0 unspecified atom stereocenters. The standard InChI is InChI=1S/C30H34FN5O5/c1-19-13-21(15-28(39)34-22-17-33-36(18-22)30(2,3)4)24(31)16-27(19)41-26-7-8-32-25-6-5-20(14-23(25)26)29(40)35(9-11-37)10-12-38/h5-8,13-14,16-18,37-38H,9-12,15H2,1-4H3,(H,34,39).